The quantitative estimate of drug-likeness (QED) is 0.497. The van der Waals surface area contributed by atoms with Gasteiger partial charge in [-0.2, -0.15) is 0 Å². The van der Waals surface area contributed by atoms with Crippen LogP contribution in [0.25, 0.3) is 0 Å². The zero-order valence-corrected chi connectivity index (χ0v) is 14.0. The number of rotatable bonds is 5. The van der Waals surface area contributed by atoms with E-state index in [1.54, 1.807) is 37.3 Å². The molecule has 23 heavy (non-hydrogen) atoms. The van der Waals surface area contributed by atoms with E-state index in [-0.39, 0.29) is 11.7 Å². The number of benzene rings is 1. The maximum absolute atomic E-state index is 12.3. The molecule has 1 aromatic heterocycles. The van der Waals surface area contributed by atoms with E-state index in [9.17, 15) is 9.59 Å². The highest BCUT2D eigenvalue weighted by Crippen LogP contribution is 2.23. The lowest BCUT2D eigenvalue weighted by molar-refractivity contribution is -0.115. The van der Waals surface area contributed by atoms with Crippen molar-refractivity contribution in [1.29, 1.82) is 0 Å². The second kappa shape index (κ2) is 7.23. The normalized spacial score (nSPS) is 11.8. The summed E-state index contributed by atoms with van der Waals surface area (Å²) in [6, 6.07) is 8.57. The number of amides is 1. The summed E-state index contributed by atoms with van der Waals surface area (Å²) in [4.78, 5) is 32.3. The molecule has 0 bridgehead atoms. The summed E-state index contributed by atoms with van der Waals surface area (Å²) in [5, 5.41) is 2.79. The highest BCUT2D eigenvalue weighted by atomic mass is 32.2. The van der Waals surface area contributed by atoms with Crippen LogP contribution in [-0.4, -0.2) is 26.9 Å². The molecule has 0 aliphatic rings. The fourth-order valence-corrected chi connectivity index (χ4v) is 2.80. The van der Waals surface area contributed by atoms with Crippen molar-refractivity contribution in [2.45, 2.75) is 31.2 Å². The number of carbonyl (C=O) groups excluding carboxylic acids is 2. The Morgan fingerprint density at radius 2 is 1.96 bits per heavy atom. The summed E-state index contributed by atoms with van der Waals surface area (Å²) < 4.78 is 0. The maximum atomic E-state index is 12.3. The van der Waals surface area contributed by atoms with Crippen LogP contribution in [-0.2, 0) is 4.79 Å². The Morgan fingerprint density at radius 3 is 2.61 bits per heavy atom. The number of Topliss-reactive ketones (excluding diaryl/α,β-unsaturated/α-hetero) is 1. The molecule has 3 N–H and O–H groups in total. The number of hydrogen-bond donors (Lipinski definition) is 2. The summed E-state index contributed by atoms with van der Waals surface area (Å²) >= 11 is 1.21. The van der Waals surface area contributed by atoms with Crippen molar-refractivity contribution in [2.75, 3.05) is 11.1 Å². The van der Waals surface area contributed by atoms with Crippen molar-refractivity contribution in [1.82, 2.24) is 9.97 Å². The monoisotopic (exact) mass is 330 g/mol. The number of para-hydroxylation sites is 1. The minimum absolute atomic E-state index is 0.101. The first-order chi connectivity index (χ1) is 10.9. The van der Waals surface area contributed by atoms with Crippen LogP contribution in [0.2, 0.25) is 0 Å². The molecule has 1 amide bonds. The molecule has 0 spiro atoms. The second-order valence-corrected chi connectivity index (χ2v) is 6.38. The Kier molecular flexibility index (Phi) is 5.33. The van der Waals surface area contributed by atoms with Crippen LogP contribution >= 0.6 is 11.8 Å². The standard InChI is InChI=1S/C16H18N4O2S/c1-9-8-14(17)20-16(18-9)23-11(3)15(22)19-13-7-5-4-6-12(13)10(2)21/h4-8,11H,1-3H3,(H,19,22)(H2,17,18,20). The van der Waals surface area contributed by atoms with Crippen molar-refractivity contribution in [3.8, 4) is 0 Å². The number of nitrogens with one attached hydrogen (secondary N) is 1. The van der Waals surface area contributed by atoms with E-state index in [4.69, 9.17) is 5.73 Å². The van der Waals surface area contributed by atoms with Gasteiger partial charge in [0.1, 0.15) is 5.82 Å². The van der Waals surface area contributed by atoms with Gasteiger partial charge in [0.25, 0.3) is 0 Å². The average Bonchev–Trinajstić information content (AvgIpc) is 2.46. The summed E-state index contributed by atoms with van der Waals surface area (Å²) in [6.45, 7) is 5.03. The zero-order chi connectivity index (χ0) is 17.0. The first kappa shape index (κ1) is 17.0. The summed E-state index contributed by atoms with van der Waals surface area (Å²) in [5.41, 5.74) is 7.41. The van der Waals surface area contributed by atoms with Gasteiger partial charge in [-0.15, -0.1) is 0 Å². The van der Waals surface area contributed by atoms with Crippen LogP contribution in [0.15, 0.2) is 35.5 Å². The van der Waals surface area contributed by atoms with Gasteiger partial charge in [0, 0.05) is 17.3 Å². The number of anilines is 2. The average molecular weight is 330 g/mol. The molecule has 0 fully saturated rings. The fourth-order valence-electron chi connectivity index (χ4n) is 1.96. The number of carbonyl (C=O) groups is 2. The molecule has 7 heteroatoms. The Balaban J connectivity index is 2.10. The van der Waals surface area contributed by atoms with Crippen molar-refractivity contribution in [3.63, 3.8) is 0 Å². The highest BCUT2D eigenvalue weighted by Gasteiger charge is 2.18. The minimum atomic E-state index is -0.434. The molecule has 1 unspecified atom stereocenters. The fraction of sp³-hybridized carbons (Fsp3) is 0.250. The van der Waals surface area contributed by atoms with Crippen LogP contribution in [0, 0.1) is 6.92 Å². The first-order valence-corrected chi connectivity index (χ1v) is 7.93. The first-order valence-electron chi connectivity index (χ1n) is 7.05. The molecule has 1 atom stereocenters. The number of nitrogen functional groups attached to an aromatic ring is 1. The van der Waals surface area contributed by atoms with Crippen molar-refractivity contribution >= 4 is 35.0 Å². The smallest absolute Gasteiger partial charge is 0.237 e. The number of thioether (sulfide) groups is 1. The van der Waals surface area contributed by atoms with Gasteiger partial charge in [0.15, 0.2) is 10.9 Å². The molecule has 0 aliphatic heterocycles. The van der Waals surface area contributed by atoms with Gasteiger partial charge in [-0.25, -0.2) is 9.97 Å². The van der Waals surface area contributed by atoms with Gasteiger partial charge in [-0.1, -0.05) is 23.9 Å². The number of nitrogens with zero attached hydrogens (tertiary/aromatic N) is 2. The van der Waals surface area contributed by atoms with Gasteiger partial charge in [-0.05, 0) is 32.9 Å². The summed E-state index contributed by atoms with van der Waals surface area (Å²) in [7, 11) is 0. The van der Waals surface area contributed by atoms with E-state index < -0.39 is 5.25 Å². The number of aromatic nitrogens is 2. The molecule has 120 valence electrons. The summed E-state index contributed by atoms with van der Waals surface area (Å²) in [5.74, 6) is 0.0397. The lowest BCUT2D eigenvalue weighted by Crippen LogP contribution is -2.23. The van der Waals surface area contributed by atoms with Crippen LogP contribution < -0.4 is 11.1 Å². The second-order valence-electron chi connectivity index (χ2n) is 5.07. The van der Waals surface area contributed by atoms with Crippen molar-refractivity contribution in [3.05, 3.63) is 41.6 Å². The lowest BCUT2D eigenvalue weighted by Gasteiger charge is -2.13. The third-order valence-electron chi connectivity index (χ3n) is 3.07. The Hall–Kier alpha value is -2.41. The third-order valence-corrected chi connectivity index (χ3v) is 4.03. The summed E-state index contributed by atoms with van der Waals surface area (Å²) in [6.07, 6.45) is 0. The molecule has 0 saturated carbocycles. The Labute approximate surface area is 138 Å². The predicted molar refractivity (Wildman–Crippen MR) is 91.6 cm³/mol. The minimum Gasteiger partial charge on any atom is -0.384 e. The van der Waals surface area contributed by atoms with E-state index in [1.165, 1.54) is 18.7 Å². The molecule has 2 rings (SSSR count). The molecule has 0 radical (unpaired) electrons. The van der Waals surface area contributed by atoms with Crippen LogP contribution in [0.4, 0.5) is 11.5 Å². The zero-order valence-electron chi connectivity index (χ0n) is 13.2. The van der Waals surface area contributed by atoms with E-state index in [0.717, 1.165) is 5.69 Å². The van der Waals surface area contributed by atoms with Crippen molar-refractivity contribution in [2.24, 2.45) is 0 Å². The maximum Gasteiger partial charge on any atom is 0.237 e. The van der Waals surface area contributed by atoms with Gasteiger partial charge in [-0.3, -0.25) is 9.59 Å². The molecule has 2 aromatic rings. The molecular formula is C16H18N4O2S. The Morgan fingerprint density at radius 1 is 1.26 bits per heavy atom. The third kappa shape index (κ3) is 4.53. The number of nitrogens with two attached hydrogens (primary N) is 1. The molecular weight excluding hydrogens is 312 g/mol. The highest BCUT2D eigenvalue weighted by molar-refractivity contribution is 8.00. The number of ketones is 1. The van der Waals surface area contributed by atoms with Gasteiger partial charge < -0.3 is 11.1 Å². The SMILES string of the molecule is CC(=O)c1ccccc1NC(=O)C(C)Sc1nc(C)cc(N)n1. The van der Waals surface area contributed by atoms with Gasteiger partial charge in [0.2, 0.25) is 5.91 Å². The predicted octanol–water partition coefficient (Wildman–Crippen LogP) is 2.69. The van der Waals surface area contributed by atoms with Crippen LogP contribution in [0.5, 0.6) is 0 Å². The lowest BCUT2D eigenvalue weighted by atomic mass is 10.1. The molecule has 6 nitrogen and oxygen atoms in total. The number of hydrogen-bond acceptors (Lipinski definition) is 6. The van der Waals surface area contributed by atoms with E-state index in [2.05, 4.69) is 15.3 Å². The molecule has 0 saturated heterocycles. The van der Waals surface area contributed by atoms with Gasteiger partial charge >= 0.3 is 0 Å². The molecule has 0 aliphatic carbocycles. The Bertz CT molecular complexity index is 728. The van der Waals surface area contributed by atoms with Gasteiger partial charge in [0.05, 0.1) is 10.9 Å². The largest absolute Gasteiger partial charge is 0.384 e. The molecule has 1 aromatic carbocycles. The van der Waals surface area contributed by atoms with Crippen LogP contribution in [0.1, 0.15) is 29.9 Å². The van der Waals surface area contributed by atoms with E-state index >= 15 is 0 Å². The van der Waals surface area contributed by atoms with E-state index in [0.29, 0.717) is 22.2 Å². The topological polar surface area (TPSA) is 98.0 Å². The van der Waals surface area contributed by atoms with Crippen LogP contribution in [0.3, 0.4) is 0 Å². The van der Waals surface area contributed by atoms with Crippen molar-refractivity contribution < 1.29 is 9.59 Å². The number of aryl methyl sites for hydroxylation is 1. The van der Waals surface area contributed by atoms with E-state index in [1.807, 2.05) is 6.92 Å². The molecule has 1 heterocycles.